The standard InChI is InChI=1S/C21H26N2.2C12H20O4.Ni/c1-14-9-16(3)20(17(4)10-14)22-7-8-23(13-22)21-18(5)11-15(2)12-19(21)6;2*1-11(2,3)15-9(13)7-8-10(14)16-12(4,5)6;/h7-12H,13H2,1-6H3;2*7-8H,1-6H3;/b;2*8-7+;. The molecule has 0 atom stereocenters. The number of aryl methyl sites for hydroxylation is 6. The third-order valence-corrected chi connectivity index (χ3v) is 6.91. The fraction of sp³-hybridized carbons (Fsp3) is 0.511. The zero-order chi connectivity index (χ0) is 42.7. The minimum Gasteiger partial charge on any atom is -0.457 e. The smallest absolute Gasteiger partial charge is 0.331 e. The van der Waals surface area contributed by atoms with E-state index in [0.29, 0.717) is 0 Å². The number of nitrogens with zero attached hydrogens (tertiary/aromatic N) is 2. The second-order valence-electron chi connectivity index (χ2n) is 17.7. The molecule has 2 aromatic rings. The number of hydrogen-bond donors (Lipinski definition) is 0. The molecule has 1 heterocycles. The van der Waals surface area contributed by atoms with Crippen molar-refractivity contribution in [2.24, 2.45) is 0 Å². The van der Waals surface area contributed by atoms with Gasteiger partial charge < -0.3 is 28.7 Å². The Kier molecular flexibility index (Phi) is 19.6. The Labute approximate surface area is 346 Å². The zero-order valence-corrected chi connectivity index (χ0v) is 37.9. The number of benzene rings is 2. The molecule has 0 fully saturated rings. The molecule has 0 bridgehead atoms. The second-order valence-corrected chi connectivity index (χ2v) is 17.7. The van der Waals surface area contributed by atoms with Gasteiger partial charge in [-0.25, -0.2) is 19.2 Å². The fourth-order valence-electron chi connectivity index (χ4n) is 5.58. The maximum Gasteiger partial charge on any atom is 0.331 e. The summed E-state index contributed by atoms with van der Waals surface area (Å²) in [4.78, 5) is 49.5. The number of esters is 4. The van der Waals surface area contributed by atoms with Crippen LogP contribution in [0.5, 0.6) is 0 Å². The molecule has 0 aromatic heterocycles. The van der Waals surface area contributed by atoms with Crippen LogP contribution in [0.25, 0.3) is 0 Å². The Morgan fingerprint density at radius 1 is 0.446 bits per heavy atom. The SMILES string of the molecule is CC(C)(C)OC(=O)/C=C/C(=O)OC(C)(C)C.CC(C)(C)OC(=O)/C=C/C(=O)OC(C)(C)C.Cc1cc(C)c(N2C=CN(c3c(C)cc(C)cc3C)C2)c(C)c1.[Ni]. The molecule has 0 saturated heterocycles. The van der Waals surface area contributed by atoms with Crippen LogP contribution in [0.1, 0.15) is 116 Å². The molecule has 0 aliphatic carbocycles. The van der Waals surface area contributed by atoms with Gasteiger partial charge in [0.25, 0.3) is 0 Å². The Balaban J connectivity index is 0.000000829. The predicted octanol–water partition coefficient (Wildman–Crippen LogP) is 9.74. The van der Waals surface area contributed by atoms with Gasteiger partial charge in [0.2, 0.25) is 0 Å². The van der Waals surface area contributed by atoms with Crippen molar-refractivity contribution in [1.29, 1.82) is 0 Å². The van der Waals surface area contributed by atoms with Crippen LogP contribution in [0.2, 0.25) is 0 Å². The average molecular weight is 822 g/mol. The van der Waals surface area contributed by atoms with Gasteiger partial charge in [-0.1, -0.05) is 35.4 Å². The van der Waals surface area contributed by atoms with E-state index in [-0.39, 0.29) is 16.5 Å². The molecule has 0 amide bonds. The summed E-state index contributed by atoms with van der Waals surface area (Å²) in [7, 11) is 0. The van der Waals surface area contributed by atoms with E-state index in [9.17, 15) is 19.2 Å². The van der Waals surface area contributed by atoms with Crippen LogP contribution in [-0.2, 0) is 54.6 Å². The van der Waals surface area contributed by atoms with Crippen molar-refractivity contribution in [3.63, 3.8) is 0 Å². The van der Waals surface area contributed by atoms with E-state index in [1.54, 1.807) is 83.1 Å². The van der Waals surface area contributed by atoms with Crippen LogP contribution in [0.3, 0.4) is 0 Å². The third kappa shape index (κ3) is 21.1. The van der Waals surface area contributed by atoms with Gasteiger partial charge in [-0.15, -0.1) is 0 Å². The molecule has 0 N–H and O–H groups in total. The summed E-state index contributed by atoms with van der Waals surface area (Å²) >= 11 is 0. The molecular formula is C45H66N2NiO8. The van der Waals surface area contributed by atoms with Crippen LogP contribution < -0.4 is 9.80 Å². The molecule has 0 spiro atoms. The first-order chi connectivity index (χ1) is 24.9. The van der Waals surface area contributed by atoms with Crippen molar-refractivity contribution in [3.05, 3.63) is 94.4 Å². The molecule has 0 unspecified atom stereocenters. The number of rotatable bonds is 6. The van der Waals surface area contributed by atoms with Crippen molar-refractivity contribution < 1.29 is 54.6 Å². The van der Waals surface area contributed by atoms with Crippen molar-refractivity contribution in [2.75, 3.05) is 16.5 Å². The van der Waals surface area contributed by atoms with Crippen LogP contribution in [0, 0.1) is 41.5 Å². The fourth-order valence-corrected chi connectivity index (χ4v) is 5.58. The summed E-state index contributed by atoms with van der Waals surface area (Å²) < 4.78 is 19.9. The van der Waals surface area contributed by atoms with E-state index in [4.69, 9.17) is 18.9 Å². The number of ether oxygens (including phenoxy) is 4. The summed E-state index contributed by atoms with van der Waals surface area (Å²) in [6.07, 6.45) is 8.67. The summed E-state index contributed by atoms with van der Waals surface area (Å²) in [5, 5.41) is 0. The topological polar surface area (TPSA) is 112 Å². The van der Waals surface area contributed by atoms with E-state index in [1.807, 2.05) is 0 Å². The van der Waals surface area contributed by atoms with Gasteiger partial charge >= 0.3 is 23.9 Å². The van der Waals surface area contributed by atoms with E-state index in [1.165, 1.54) is 44.8 Å². The number of carbonyl (C=O) groups is 4. The largest absolute Gasteiger partial charge is 0.457 e. The molecule has 1 aliphatic heterocycles. The van der Waals surface area contributed by atoms with Crippen molar-refractivity contribution in [3.8, 4) is 0 Å². The van der Waals surface area contributed by atoms with Crippen LogP contribution in [0.15, 0.2) is 61.0 Å². The summed E-state index contributed by atoms with van der Waals surface area (Å²) in [5.74, 6) is -2.23. The predicted molar refractivity (Wildman–Crippen MR) is 222 cm³/mol. The molecule has 0 radical (unpaired) electrons. The molecule has 314 valence electrons. The number of carbonyl (C=O) groups excluding carboxylic acids is 4. The molecular weight excluding hydrogens is 755 g/mol. The Bertz CT molecular complexity index is 1530. The van der Waals surface area contributed by atoms with E-state index >= 15 is 0 Å². The average Bonchev–Trinajstić information content (AvgIpc) is 3.40. The van der Waals surface area contributed by atoms with E-state index in [0.717, 1.165) is 31.0 Å². The second kappa shape index (κ2) is 21.2. The first-order valence-corrected chi connectivity index (χ1v) is 18.5. The van der Waals surface area contributed by atoms with Gasteiger partial charge in [-0.3, -0.25) is 0 Å². The maximum atomic E-state index is 11.2. The number of anilines is 2. The van der Waals surface area contributed by atoms with E-state index in [2.05, 4.69) is 88.0 Å². The molecule has 3 rings (SSSR count). The zero-order valence-electron chi connectivity index (χ0n) is 37.0. The normalized spacial score (nSPS) is 13.0. The Morgan fingerprint density at radius 2 is 0.643 bits per heavy atom. The van der Waals surface area contributed by atoms with Crippen molar-refractivity contribution in [1.82, 2.24) is 0 Å². The minimum atomic E-state index is -0.560. The summed E-state index contributed by atoms with van der Waals surface area (Å²) in [6, 6.07) is 9.06. The maximum absolute atomic E-state index is 11.2. The van der Waals surface area contributed by atoms with Gasteiger partial charge in [0.15, 0.2) is 0 Å². The first kappa shape index (κ1) is 51.6. The van der Waals surface area contributed by atoms with Gasteiger partial charge in [0, 0.05) is 64.6 Å². The van der Waals surface area contributed by atoms with E-state index < -0.39 is 46.3 Å². The van der Waals surface area contributed by atoms with Gasteiger partial charge in [0.1, 0.15) is 22.4 Å². The quantitative estimate of drug-likeness (QED) is 0.121. The molecule has 0 saturated carbocycles. The molecule has 2 aromatic carbocycles. The summed E-state index contributed by atoms with van der Waals surface area (Å²) in [5.41, 5.74) is 8.43. The summed E-state index contributed by atoms with van der Waals surface area (Å²) in [6.45, 7) is 35.1. The molecule has 1 aliphatic rings. The van der Waals surface area contributed by atoms with Crippen molar-refractivity contribution in [2.45, 2.75) is 147 Å². The van der Waals surface area contributed by atoms with Gasteiger partial charge in [-0.2, -0.15) is 0 Å². The Hall–Kier alpha value is -4.37. The third-order valence-electron chi connectivity index (χ3n) is 6.91. The van der Waals surface area contributed by atoms with Crippen molar-refractivity contribution >= 4 is 35.3 Å². The van der Waals surface area contributed by atoms with Crippen LogP contribution in [0.4, 0.5) is 11.4 Å². The number of hydrogen-bond acceptors (Lipinski definition) is 10. The van der Waals surface area contributed by atoms with Crippen LogP contribution >= 0.6 is 0 Å². The van der Waals surface area contributed by atoms with Gasteiger partial charge in [0.05, 0.1) is 6.67 Å². The monoisotopic (exact) mass is 820 g/mol. The molecule has 10 nitrogen and oxygen atoms in total. The first-order valence-electron chi connectivity index (χ1n) is 18.5. The van der Waals surface area contributed by atoms with Gasteiger partial charge in [-0.05, 0) is 147 Å². The molecule has 56 heavy (non-hydrogen) atoms. The Morgan fingerprint density at radius 3 is 0.821 bits per heavy atom. The van der Waals surface area contributed by atoms with Crippen LogP contribution in [-0.4, -0.2) is 53.0 Å². The molecule has 11 heteroatoms. The minimum absolute atomic E-state index is 0.